The zero-order valence-corrected chi connectivity index (χ0v) is 12.1. The molecule has 0 N–H and O–H groups in total. The Labute approximate surface area is 113 Å². The van der Waals surface area contributed by atoms with Gasteiger partial charge in [0.1, 0.15) is 0 Å². The van der Waals surface area contributed by atoms with Gasteiger partial charge in [-0.15, -0.1) is 0 Å². The van der Waals surface area contributed by atoms with Crippen molar-refractivity contribution in [2.24, 2.45) is 41.4 Å². The Balaban J connectivity index is 1.55. The minimum absolute atomic E-state index is 1.06. The van der Waals surface area contributed by atoms with Crippen LogP contribution in [-0.4, -0.2) is 0 Å². The Kier molecular flexibility index (Phi) is 2.97. The van der Waals surface area contributed by atoms with Gasteiger partial charge in [0, 0.05) is 0 Å². The lowest BCUT2D eigenvalue weighted by Crippen LogP contribution is -2.43. The standard InChI is InChI=1S/C18H30/c1-12-6-8-16-14(12)10-11-17-15-5-3-2-4-13(15)7-9-18(16)17/h12-18H,2-11H2,1H3. The summed E-state index contributed by atoms with van der Waals surface area (Å²) >= 11 is 0. The molecule has 7 unspecified atom stereocenters. The first-order valence-corrected chi connectivity index (χ1v) is 8.84. The lowest BCUT2D eigenvalue weighted by atomic mass is 9.53. The van der Waals surface area contributed by atoms with Gasteiger partial charge in [-0.25, -0.2) is 0 Å². The summed E-state index contributed by atoms with van der Waals surface area (Å²) in [7, 11) is 0. The molecule has 4 rings (SSSR count). The monoisotopic (exact) mass is 246 g/mol. The van der Waals surface area contributed by atoms with E-state index in [0.717, 1.165) is 41.4 Å². The molecule has 0 radical (unpaired) electrons. The van der Waals surface area contributed by atoms with E-state index in [9.17, 15) is 0 Å². The predicted octanol–water partition coefficient (Wildman–Crippen LogP) is 5.28. The molecule has 0 aliphatic heterocycles. The Hall–Kier alpha value is 0. The van der Waals surface area contributed by atoms with Gasteiger partial charge >= 0.3 is 0 Å². The molecule has 0 bridgehead atoms. The fourth-order valence-electron chi connectivity index (χ4n) is 6.78. The van der Waals surface area contributed by atoms with E-state index >= 15 is 0 Å². The van der Waals surface area contributed by atoms with Gasteiger partial charge < -0.3 is 0 Å². The van der Waals surface area contributed by atoms with Crippen LogP contribution in [0.5, 0.6) is 0 Å². The molecule has 0 aromatic carbocycles. The van der Waals surface area contributed by atoms with Crippen LogP contribution in [0.4, 0.5) is 0 Å². The lowest BCUT2D eigenvalue weighted by molar-refractivity contribution is -0.0234. The van der Waals surface area contributed by atoms with Gasteiger partial charge in [0.2, 0.25) is 0 Å². The minimum Gasteiger partial charge on any atom is -0.0622 e. The van der Waals surface area contributed by atoms with E-state index in [2.05, 4.69) is 6.92 Å². The summed E-state index contributed by atoms with van der Waals surface area (Å²) in [5.74, 6) is 7.97. The van der Waals surface area contributed by atoms with Crippen molar-refractivity contribution < 1.29 is 0 Å². The van der Waals surface area contributed by atoms with Gasteiger partial charge in [-0.1, -0.05) is 32.6 Å². The summed E-state index contributed by atoms with van der Waals surface area (Å²) in [4.78, 5) is 0. The average molecular weight is 246 g/mol. The third-order valence-corrected chi connectivity index (χ3v) is 7.56. The minimum atomic E-state index is 1.06. The topological polar surface area (TPSA) is 0 Å². The highest BCUT2D eigenvalue weighted by atomic mass is 14.5. The van der Waals surface area contributed by atoms with E-state index in [1.165, 1.54) is 0 Å². The van der Waals surface area contributed by atoms with Crippen molar-refractivity contribution in [3.05, 3.63) is 0 Å². The van der Waals surface area contributed by atoms with Gasteiger partial charge in [-0.3, -0.25) is 0 Å². The van der Waals surface area contributed by atoms with Gasteiger partial charge in [0.15, 0.2) is 0 Å². The van der Waals surface area contributed by atoms with Crippen LogP contribution in [0.25, 0.3) is 0 Å². The third kappa shape index (κ3) is 1.70. The SMILES string of the molecule is CC1CCC2C1CCC1C3CCCCC3CCC21. The van der Waals surface area contributed by atoms with Crippen molar-refractivity contribution in [3.8, 4) is 0 Å². The van der Waals surface area contributed by atoms with Crippen LogP contribution in [0.1, 0.15) is 71.1 Å². The summed E-state index contributed by atoms with van der Waals surface area (Å²) in [5.41, 5.74) is 0. The summed E-state index contributed by atoms with van der Waals surface area (Å²) in [6.07, 6.45) is 15.8. The zero-order valence-electron chi connectivity index (χ0n) is 12.1. The van der Waals surface area contributed by atoms with Gasteiger partial charge in [0.25, 0.3) is 0 Å². The summed E-state index contributed by atoms with van der Waals surface area (Å²) in [6.45, 7) is 2.54. The molecular weight excluding hydrogens is 216 g/mol. The van der Waals surface area contributed by atoms with Crippen molar-refractivity contribution in [2.75, 3.05) is 0 Å². The molecule has 0 nitrogen and oxygen atoms in total. The quantitative estimate of drug-likeness (QED) is 0.546. The van der Waals surface area contributed by atoms with Gasteiger partial charge in [-0.05, 0) is 80.0 Å². The molecule has 4 aliphatic carbocycles. The molecule has 4 saturated carbocycles. The normalized spacial score (nSPS) is 55.5. The second-order valence-electron chi connectivity index (χ2n) is 8.07. The van der Waals surface area contributed by atoms with Crippen molar-refractivity contribution in [1.29, 1.82) is 0 Å². The highest BCUT2D eigenvalue weighted by molar-refractivity contribution is 4.99. The molecule has 4 fully saturated rings. The maximum Gasteiger partial charge on any atom is -0.0352 e. The maximum atomic E-state index is 2.54. The lowest BCUT2D eigenvalue weighted by Gasteiger charge is -2.52. The first-order valence-electron chi connectivity index (χ1n) is 8.84. The summed E-state index contributed by atoms with van der Waals surface area (Å²) < 4.78 is 0. The Bertz CT molecular complexity index is 303. The summed E-state index contributed by atoms with van der Waals surface area (Å²) in [6, 6.07) is 0. The molecule has 0 aromatic heterocycles. The summed E-state index contributed by atoms with van der Waals surface area (Å²) in [5, 5.41) is 0. The predicted molar refractivity (Wildman–Crippen MR) is 76.3 cm³/mol. The van der Waals surface area contributed by atoms with Crippen LogP contribution in [-0.2, 0) is 0 Å². The largest absolute Gasteiger partial charge is 0.0622 e. The average Bonchev–Trinajstić information content (AvgIpc) is 2.80. The second-order valence-corrected chi connectivity index (χ2v) is 8.07. The molecule has 0 heteroatoms. The van der Waals surface area contributed by atoms with Crippen LogP contribution in [0.15, 0.2) is 0 Å². The first-order chi connectivity index (χ1) is 8.84. The fraction of sp³-hybridized carbons (Fsp3) is 1.00. The van der Waals surface area contributed by atoms with E-state index in [-0.39, 0.29) is 0 Å². The molecule has 0 amide bonds. The van der Waals surface area contributed by atoms with E-state index in [1.807, 2.05) is 0 Å². The van der Waals surface area contributed by atoms with Crippen molar-refractivity contribution in [1.82, 2.24) is 0 Å². The van der Waals surface area contributed by atoms with Crippen molar-refractivity contribution in [2.45, 2.75) is 71.1 Å². The second kappa shape index (κ2) is 4.53. The number of hydrogen-bond acceptors (Lipinski definition) is 0. The van der Waals surface area contributed by atoms with Crippen LogP contribution >= 0.6 is 0 Å². The number of rotatable bonds is 0. The maximum absolute atomic E-state index is 2.54. The molecule has 4 aliphatic rings. The van der Waals surface area contributed by atoms with Crippen molar-refractivity contribution in [3.63, 3.8) is 0 Å². The zero-order chi connectivity index (χ0) is 12.1. The van der Waals surface area contributed by atoms with Crippen LogP contribution < -0.4 is 0 Å². The molecule has 0 saturated heterocycles. The van der Waals surface area contributed by atoms with Gasteiger partial charge in [0.05, 0.1) is 0 Å². The fourth-order valence-corrected chi connectivity index (χ4v) is 6.78. The Morgan fingerprint density at radius 3 is 2.06 bits per heavy atom. The first kappa shape index (κ1) is 11.8. The number of hydrogen-bond donors (Lipinski definition) is 0. The van der Waals surface area contributed by atoms with Crippen LogP contribution in [0.2, 0.25) is 0 Å². The Morgan fingerprint density at radius 1 is 0.500 bits per heavy atom. The molecular formula is C18H30. The van der Waals surface area contributed by atoms with Crippen molar-refractivity contribution >= 4 is 0 Å². The smallest absolute Gasteiger partial charge is 0.0352 e. The van der Waals surface area contributed by atoms with Crippen LogP contribution in [0, 0.1) is 41.4 Å². The molecule has 18 heavy (non-hydrogen) atoms. The molecule has 0 heterocycles. The van der Waals surface area contributed by atoms with E-state index in [1.54, 1.807) is 64.2 Å². The number of fused-ring (bicyclic) bond motifs is 5. The highest BCUT2D eigenvalue weighted by Crippen LogP contribution is 2.58. The van der Waals surface area contributed by atoms with E-state index < -0.39 is 0 Å². The molecule has 0 spiro atoms. The van der Waals surface area contributed by atoms with Crippen LogP contribution in [0.3, 0.4) is 0 Å². The highest BCUT2D eigenvalue weighted by Gasteiger charge is 2.49. The van der Waals surface area contributed by atoms with Gasteiger partial charge in [-0.2, -0.15) is 0 Å². The van der Waals surface area contributed by atoms with E-state index in [0.29, 0.717) is 0 Å². The molecule has 7 atom stereocenters. The molecule has 0 aromatic rings. The third-order valence-electron chi connectivity index (χ3n) is 7.56. The molecule has 102 valence electrons. The Morgan fingerprint density at radius 2 is 1.11 bits per heavy atom. The van der Waals surface area contributed by atoms with E-state index in [4.69, 9.17) is 0 Å².